The van der Waals surface area contributed by atoms with Crippen molar-refractivity contribution < 1.29 is 23.8 Å². The Morgan fingerprint density at radius 1 is 1.36 bits per heavy atom. The molecule has 0 unspecified atom stereocenters. The molecular formula is C17H18N2O5S. The highest BCUT2D eigenvalue weighted by Crippen LogP contribution is 2.20. The number of ether oxygens (including phenoxy) is 3. The second-order valence-corrected chi connectivity index (χ2v) is 6.33. The highest BCUT2D eigenvalue weighted by atomic mass is 32.1. The van der Waals surface area contributed by atoms with Crippen LogP contribution in [0.4, 0.5) is 0 Å². The van der Waals surface area contributed by atoms with E-state index in [0.29, 0.717) is 18.0 Å². The van der Waals surface area contributed by atoms with Gasteiger partial charge in [-0.15, -0.1) is 0 Å². The predicted molar refractivity (Wildman–Crippen MR) is 91.8 cm³/mol. The van der Waals surface area contributed by atoms with Crippen LogP contribution in [0, 0.1) is 0 Å². The minimum atomic E-state index is -0.541. The zero-order valence-electron chi connectivity index (χ0n) is 14.0. The van der Waals surface area contributed by atoms with Gasteiger partial charge in [-0.2, -0.15) is 4.99 Å². The molecule has 0 atom stereocenters. The zero-order valence-corrected chi connectivity index (χ0v) is 14.8. The van der Waals surface area contributed by atoms with Crippen molar-refractivity contribution in [3.63, 3.8) is 0 Å². The van der Waals surface area contributed by atoms with Crippen LogP contribution in [0.5, 0.6) is 0 Å². The van der Waals surface area contributed by atoms with Crippen molar-refractivity contribution in [1.29, 1.82) is 0 Å². The SMILES string of the molecule is CCc1ccc2c(c1)sc(=NC(=O)C1=COCCO1)n2CC(=O)OC. The minimum Gasteiger partial charge on any atom is -0.494 e. The number of hydrogen-bond acceptors (Lipinski definition) is 6. The Balaban J connectivity index is 2.09. The summed E-state index contributed by atoms with van der Waals surface area (Å²) in [7, 11) is 1.33. The lowest BCUT2D eigenvalue weighted by Crippen LogP contribution is -2.23. The second-order valence-electron chi connectivity index (χ2n) is 5.32. The van der Waals surface area contributed by atoms with Crippen molar-refractivity contribution in [3.8, 4) is 0 Å². The van der Waals surface area contributed by atoms with Gasteiger partial charge < -0.3 is 18.8 Å². The summed E-state index contributed by atoms with van der Waals surface area (Å²) in [5.74, 6) is -0.896. The predicted octanol–water partition coefficient (Wildman–Crippen LogP) is 1.75. The molecule has 0 N–H and O–H groups in total. The maximum atomic E-state index is 12.3. The van der Waals surface area contributed by atoms with Gasteiger partial charge in [-0.3, -0.25) is 9.59 Å². The van der Waals surface area contributed by atoms with E-state index in [1.807, 2.05) is 18.2 Å². The topological polar surface area (TPSA) is 79.1 Å². The number of carbonyl (C=O) groups excluding carboxylic acids is 2. The molecule has 8 heteroatoms. The maximum Gasteiger partial charge on any atom is 0.325 e. The van der Waals surface area contributed by atoms with Gasteiger partial charge in [-0.1, -0.05) is 24.3 Å². The standard InChI is InChI=1S/C17H18N2O5S/c1-3-11-4-5-12-14(8-11)25-17(19(12)9-15(20)22-2)18-16(21)13-10-23-6-7-24-13/h4-5,8,10H,3,6-7,9H2,1-2H3. The minimum absolute atomic E-state index is 0.0233. The molecule has 0 spiro atoms. The number of hydrogen-bond donors (Lipinski definition) is 0. The van der Waals surface area contributed by atoms with Gasteiger partial charge in [0.1, 0.15) is 26.0 Å². The summed E-state index contributed by atoms with van der Waals surface area (Å²) in [5.41, 5.74) is 2.00. The fourth-order valence-electron chi connectivity index (χ4n) is 2.39. The Kier molecular flexibility index (Phi) is 5.18. The van der Waals surface area contributed by atoms with Crippen LogP contribution < -0.4 is 4.80 Å². The third-order valence-corrected chi connectivity index (χ3v) is 4.77. The third-order valence-electron chi connectivity index (χ3n) is 3.73. The molecule has 0 saturated heterocycles. The van der Waals surface area contributed by atoms with Crippen LogP contribution in [0.2, 0.25) is 0 Å². The summed E-state index contributed by atoms with van der Waals surface area (Å²) in [6.45, 7) is 2.76. The Morgan fingerprint density at radius 2 is 2.20 bits per heavy atom. The van der Waals surface area contributed by atoms with Crippen LogP contribution >= 0.6 is 11.3 Å². The number of aryl methyl sites for hydroxylation is 1. The van der Waals surface area contributed by atoms with Crippen molar-refractivity contribution in [2.45, 2.75) is 19.9 Å². The molecule has 0 fully saturated rings. The van der Waals surface area contributed by atoms with E-state index in [1.165, 1.54) is 30.3 Å². The Morgan fingerprint density at radius 3 is 2.88 bits per heavy atom. The number of nitrogens with zero attached hydrogens (tertiary/aromatic N) is 2. The number of methoxy groups -OCH3 is 1. The van der Waals surface area contributed by atoms with Crippen LogP contribution in [-0.2, 0) is 36.8 Å². The lowest BCUT2D eigenvalue weighted by atomic mass is 10.2. The smallest absolute Gasteiger partial charge is 0.325 e. The number of amides is 1. The quantitative estimate of drug-likeness (QED) is 0.775. The summed E-state index contributed by atoms with van der Waals surface area (Å²) in [4.78, 5) is 28.6. The van der Waals surface area contributed by atoms with E-state index in [0.717, 1.165) is 16.6 Å². The number of thiazole rings is 1. The van der Waals surface area contributed by atoms with E-state index >= 15 is 0 Å². The van der Waals surface area contributed by atoms with E-state index in [4.69, 9.17) is 14.2 Å². The van der Waals surface area contributed by atoms with Crippen LogP contribution in [0.1, 0.15) is 12.5 Å². The molecule has 1 aromatic carbocycles. The van der Waals surface area contributed by atoms with E-state index in [-0.39, 0.29) is 12.3 Å². The van der Waals surface area contributed by atoms with Crippen molar-refractivity contribution >= 4 is 33.4 Å². The van der Waals surface area contributed by atoms with Crippen molar-refractivity contribution in [2.75, 3.05) is 20.3 Å². The highest BCUT2D eigenvalue weighted by Gasteiger charge is 2.16. The first kappa shape index (κ1) is 17.2. The molecular weight excluding hydrogens is 344 g/mol. The van der Waals surface area contributed by atoms with Crippen LogP contribution in [-0.4, -0.2) is 36.8 Å². The van der Waals surface area contributed by atoms with E-state index in [1.54, 1.807) is 4.57 Å². The van der Waals surface area contributed by atoms with Crippen molar-refractivity contribution in [1.82, 2.24) is 4.57 Å². The van der Waals surface area contributed by atoms with E-state index < -0.39 is 11.9 Å². The second kappa shape index (κ2) is 7.52. The van der Waals surface area contributed by atoms with E-state index in [2.05, 4.69) is 11.9 Å². The first-order valence-corrected chi connectivity index (χ1v) is 8.66. The van der Waals surface area contributed by atoms with Crippen LogP contribution in [0.15, 0.2) is 35.2 Å². The lowest BCUT2D eigenvalue weighted by Gasteiger charge is -2.12. The first-order chi connectivity index (χ1) is 12.1. The largest absolute Gasteiger partial charge is 0.494 e. The van der Waals surface area contributed by atoms with Crippen molar-refractivity contribution in [3.05, 3.63) is 40.6 Å². The summed E-state index contributed by atoms with van der Waals surface area (Å²) >= 11 is 1.34. The summed E-state index contributed by atoms with van der Waals surface area (Å²) in [6, 6.07) is 5.96. The number of rotatable bonds is 4. The molecule has 2 heterocycles. The molecule has 25 heavy (non-hydrogen) atoms. The number of fused-ring (bicyclic) bond motifs is 1. The Labute approximate surface area is 148 Å². The molecule has 7 nitrogen and oxygen atoms in total. The maximum absolute atomic E-state index is 12.3. The molecule has 0 saturated carbocycles. The van der Waals surface area contributed by atoms with Crippen LogP contribution in [0.3, 0.4) is 0 Å². The lowest BCUT2D eigenvalue weighted by molar-refractivity contribution is -0.141. The molecule has 2 aromatic rings. The molecule has 1 aliphatic rings. The van der Waals surface area contributed by atoms with Gasteiger partial charge >= 0.3 is 11.9 Å². The molecule has 3 rings (SSSR count). The van der Waals surface area contributed by atoms with Crippen molar-refractivity contribution in [2.24, 2.45) is 4.99 Å². The summed E-state index contributed by atoms with van der Waals surface area (Å²) in [5, 5.41) is 0. The Bertz CT molecular complexity index is 909. The number of benzene rings is 1. The number of carbonyl (C=O) groups is 2. The molecule has 0 bridgehead atoms. The molecule has 1 amide bonds. The Hall–Kier alpha value is -2.61. The molecule has 132 valence electrons. The fourth-order valence-corrected chi connectivity index (χ4v) is 3.48. The fraction of sp³-hybridized carbons (Fsp3) is 0.353. The third kappa shape index (κ3) is 3.74. The van der Waals surface area contributed by atoms with Gasteiger partial charge in [0, 0.05) is 0 Å². The number of aromatic nitrogens is 1. The van der Waals surface area contributed by atoms with E-state index in [9.17, 15) is 9.59 Å². The first-order valence-electron chi connectivity index (χ1n) is 7.85. The zero-order chi connectivity index (χ0) is 17.8. The highest BCUT2D eigenvalue weighted by molar-refractivity contribution is 7.16. The number of esters is 1. The molecule has 0 aliphatic carbocycles. The monoisotopic (exact) mass is 362 g/mol. The van der Waals surface area contributed by atoms with Gasteiger partial charge in [0.25, 0.3) is 0 Å². The van der Waals surface area contributed by atoms with Gasteiger partial charge in [0.2, 0.25) is 5.76 Å². The molecule has 1 aliphatic heterocycles. The molecule has 1 aromatic heterocycles. The van der Waals surface area contributed by atoms with Crippen LogP contribution in [0.25, 0.3) is 10.2 Å². The average molecular weight is 362 g/mol. The van der Waals surface area contributed by atoms with Gasteiger partial charge in [0.15, 0.2) is 4.80 Å². The molecule has 0 radical (unpaired) electrons. The van der Waals surface area contributed by atoms with Gasteiger partial charge in [0.05, 0.1) is 17.3 Å². The van der Waals surface area contributed by atoms with Gasteiger partial charge in [-0.25, -0.2) is 0 Å². The van der Waals surface area contributed by atoms with Gasteiger partial charge in [-0.05, 0) is 24.1 Å². The summed E-state index contributed by atoms with van der Waals surface area (Å²) < 4.78 is 17.7. The average Bonchev–Trinajstić information content (AvgIpc) is 2.98. The normalized spacial score (nSPS) is 14.6. The summed E-state index contributed by atoms with van der Waals surface area (Å²) in [6.07, 6.45) is 2.16.